The number of amides is 1. The molecule has 0 bridgehead atoms. The van der Waals surface area contributed by atoms with Gasteiger partial charge >= 0.3 is 0 Å². The van der Waals surface area contributed by atoms with Gasteiger partial charge in [0.2, 0.25) is 5.91 Å². The summed E-state index contributed by atoms with van der Waals surface area (Å²) in [5.74, 6) is -0.363. The third kappa shape index (κ3) is 2.36. The van der Waals surface area contributed by atoms with Crippen LogP contribution in [0.25, 0.3) is 0 Å². The summed E-state index contributed by atoms with van der Waals surface area (Å²) in [6.45, 7) is 1.09. The first kappa shape index (κ1) is 10.2. The van der Waals surface area contributed by atoms with Crippen molar-refractivity contribution in [3.63, 3.8) is 0 Å². The van der Waals surface area contributed by atoms with Crippen molar-refractivity contribution in [3.05, 3.63) is 35.4 Å². The summed E-state index contributed by atoms with van der Waals surface area (Å²) < 4.78 is 0. The average molecular weight is 204 g/mol. The molecule has 1 aliphatic heterocycles. The van der Waals surface area contributed by atoms with Crippen LogP contribution in [0.2, 0.25) is 0 Å². The number of benzene rings is 1. The minimum Gasteiger partial charge on any atom is -0.366 e. The lowest BCUT2D eigenvalue weighted by atomic mass is 9.97. The van der Waals surface area contributed by atoms with Gasteiger partial charge in [0, 0.05) is 11.6 Å². The van der Waals surface area contributed by atoms with E-state index in [0.717, 1.165) is 6.54 Å². The number of carbonyl (C=O) groups excluding carboxylic acids is 1. The zero-order valence-corrected chi connectivity index (χ0v) is 8.70. The number of hydrogen-bond donors (Lipinski definition) is 2. The van der Waals surface area contributed by atoms with Gasteiger partial charge in [-0.25, -0.2) is 0 Å². The number of nitrogens with two attached hydrogens (primary N) is 1. The second-order valence-corrected chi connectivity index (χ2v) is 3.99. The zero-order chi connectivity index (χ0) is 10.7. The molecule has 0 aromatic heterocycles. The second kappa shape index (κ2) is 4.45. The summed E-state index contributed by atoms with van der Waals surface area (Å²) in [7, 11) is 0. The molecule has 0 spiro atoms. The van der Waals surface area contributed by atoms with E-state index in [9.17, 15) is 4.79 Å². The Morgan fingerprint density at radius 2 is 2.00 bits per heavy atom. The van der Waals surface area contributed by atoms with E-state index in [1.807, 2.05) is 12.1 Å². The Morgan fingerprint density at radius 1 is 1.27 bits per heavy atom. The van der Waals surface area contributed by atoms with E-state index in [1.54, 1.807) is 12.1 Å². The lowest BCUT2D eigenvalue weighted by Crippen LogP contribution is -2.26. The standard InChI is InChI=1S/C12H16N2O/c13-12(15)10-6-4-9(5-7-10)11-3-1-2-8-14-11/h4-7,11,14H,1-3,8H2,(H2,13,15)/t11-/m1/s1. The number of rotatable bonds is 2. The molecule has 1 saturated heterocycles. The average Bonchev–Trinajstić information content (AvgIpc) is 2.30. The van der Waals surface area contributed by atoms with Crippen molar-refractivity contribution in [1.29, 1.82) is 0 Å². The predicted octanol–water partition coefficient (Wildman–Crippen LogP) is 1.60. The van der Waals surface area contributed by atoms with Gasteiger partial charge in [0.25, 0.3) is 0 Å². The molecule has 1 aliphatic rings. The highest BCUT2D eigenvalue weighted by molar-refractivity contribution is 5.92. The Balaban J connectivity index is 2.11. The first-order valence-corrected chi connectivity index (χ1v) is 5.40. The molecule has 0 unspecified atom stereocenters. The summed E-state index contributed by atoms with van der Waals surface area (Å²) in [6.07, 6.45) is 3.71. The first-order chi connectivity index (χ1) is 7.27. The molecule has 3 N–H and O–H groups in total. The van der Waals surface area contributed by atoms with Crippen LogP contribution in [0.3, 0.4) is 0 Å². The molecule has 0 aliphatic carbocycles. The predicted molar refractivity (Wildman–Crippen MR) is 59.6 cm³/mol. The van der Waals surface area contributed by atoms with Crippen LogP contribution in [-0.2, 0) is 0 Å². The molecular formula is C12H16N2O. The van der Waals surface area contributed by atoms with Gasteiger partial charge in [-0.3, -0.25) is 4.79 Å². The van der Waals surface area contributed by atoms with Gasteiger partial charge in [0.1, 0.15) is 0 Å². The number of carbonyl (C=O) groups is 1. The van der Waals surface area contributed by atoms with Crippen LogP contribution in [0.1, 0.15) is 41.2 Å². The Labute approximate surface area is 89.7 Å². The van der Waals surface area contributed by atoms with Gasteiger partial charge in [0.05, 0.1) is 0 Å². The number of hydrogen-bond acceptors (Lipinski definition) is 2. The van der Waals surface area contributed by atoms with E-state index in [-0.39, 0.29) is 5.91 Å². The van der Waals surface area contributed by atoms with Gasteiger partial charge in [0.15, 0.2) is 0 Å². The molecule has 0 saturated carbocycles. The SMILES string of the molecule is NC(=O)c1ccc([C@H]2CCCCN2)cc1. The molecule has 1 fully saturated rings. The Kier molecular flexibility index (Phi) is 3.02. The van der Waals surface area contributed by atoms with Crippen LogP contribution >= 0.6 is 0 Å². The van der Waals surface area contributed by atoms with Gasteiger partial charge in [-0.15, -0.1) is 0 Å². The minimum atomic E-state index is -0.363. The molecule has 1 aromatic rings. The largest absolute Gasteiger partial charge is 0.366 e. The van der Waals surface area contributed by atoms with Gasteiger partial charge < -0.3 is 11.1 Å². The third-order valence-corrected chi connectivity index (χ3v) is 2.91. The van der Waals surface area contributed by atoms with Crippen molar-refractivity contribution in [2.75, 3.05) is 6.54 Å². The van der Waals surface area contributed by atoms with Crippen molar-refractivity contribution >= 4 is 5.91 Å². The molecule has 3 heteroatoms. The normalized spacial score (nSPS) is 21.2. The van der Waals surface area contributed by atoms with E-state index < -0.39 is 0 Å². The Morgan fingerprint density at radius 3 is 2.53 bits per heavy atom. The molecule has 1 aromatic carbocycles. The lowest BCUT2D eigenvalue weighted by Gasteiger charge is -2.23. The minimum absolute atomic E-state index is 0.363. The first-order valence-electron chi connectivity index (χ1n) is 5.40. The summed E-state index contributed by atoms with van der Waals surface area (Å²) in [4.78, 5) is 10.9. The molecule has 1 amide bonds. The monoisotopic (exact) mass is 204 g/mol. The fraction of sp³-hybridized carbons (Fsp3) is 0.417. The Bertz CT molecular complexity index is 339. The quantitative estimate of drug-likeness (QED) is 0.768. The van der Waals surface area contributed by atoms with Crippen molar-refractivity contribution in [2.24, 2.45) is 5.73 Å². The molecule has 1 atom stereocenters. The number of nitrogens with one attached hydrogen (secondary N) is 1. The fourth-order valence-electron chi connectivity index (χ4n) is 2.02. The summed E-state index contributed by atoms with van der Waals surface area (Å²) in [5.41, 5.74) is 7.02. The highest BCUT2D eigenvalue weighted by Crippen LogP contribution is 2.22. The maximum Gasteiger partial charge on any atom is 0.248 e. The van der Waals surface area contributed by atoms with Crippen molar-refractivity contribution in [3.8, 4) is 0 Å². The van der Waals surface area contributed by atoms with Crippen LogP contribution in [0.4, 0.5) is 0 Å². The lowest BCUT2D eigenvalue weighted by molar-refractivity contribution is 0.100. The third-order valence-electron chi connectivity index (χ3n) is 2.91. The summed E-state index contributed by atoms with van der Waals surface area (Å²) >= 11 is 0. The zero-order valence-electron chi connectivity index (χ0n) is 8.70. The molecule has 1 heterocycles. The Hall–Kier alpha value is -1.35. The second-order valence-electron chi connectivity index (χ2n) is 3.99. The van der Waals surface area contributed by atoms with E-state index in [0.29, 0.717) is 11.6 Å². The van der Waals surface area contributed by atoms with E-state index in [2.05, 4.69) is 5.32 Å². The van der Waals surface area contributed by atoms with E-state index in [4.69, 9.17) is 5.73 Å². The molecule has 80 valence electrons. The molecule has 3 nitrogen and oxygen atoms in total. The highest BCUT2D eigenvalue weighted by Gasteiger charge is 2.14. The number of piperidine rings is 1. The maximum atomic E-state index is 10.9. The van der Waals surface area contributed by atoms with Crippen LogP contribution in [0.5, 0.6) is 0 Å². The topological polar surface area (TPSA) is 55.1 Å². The summed E-state index contributed by atoms with van der Waals surface area (Å²) in [6, 6.07) is 8.02. The van der Waals surface area contributed by atoms with Gasteiger partial charge in [-0.05, 0) is 37.1 Å². The van der Waals surface area contributed by atoms with E-state index >= 15 is 0 Å². The van der Waals surface area contributed by atoms with Crippen LogP contribution < -0.4 is 11.1 Å². The molecule has 2 rings (SSSR count). The van der Waals surface area contributed by atoms with Crippen molar-refractivity contribution < 1.29 is 4.79 Å². The number of primary amides is 1. The van der Waals surface area contributed by atoms with Gasteiger partial charge in [-0.1, -0.05) is 18.6 Å². The fourth-order valence-corrected chi connectivity index (χ4v) is 2.02. The van der Waals surface area contributed by atoms with Gasteiger partial charge in [-0.2, -0.15) is 0 Å². The van der Waals surface area contributed by atoms with Crippen LogP contribution in [0.15, 0.2) is 24.3 Å². The van der Waals surface area contributed by atoms with Crippen LogP contribution in [0, 0.1) is 0 Å². The van der Waals surface area contributed by atoms with Crippen molar-refractivity contribution in [1.82, 2.24) is 5.32 Å². The van der Waals surface area contributed by atoms with Crippen molar-refractivity contribution in [2.45, 2.75) is 25.3 Å². The molecule has 15 heavy (non-hydrogen) atoms. The summed E-state index contributed by atoms with van der Waals surface area (Å²) in [5, 5.41) is 3.47. The smallest absolute Gasteiger partial charge is 0.248 e. The molecular weight excluding hydrogens is 188 g/mol. The molecule has 0 radical (unpaired) electrons. The van der Waals surface area contributed by atoms with Crippen LogP contribution in [-0.4, -0.2) is 12.5 Å². The van der Waals surface area contributed by atoms with E-state index in [1.165, 1.54) is 24.8 Å². The highest BCUT2D eigenvalue weighted by atomic mass is 16.1. The maximum absolute atomic E-state index is 10.9.